The van der Waals surface area contributed by atoms with E-state index in [1.54, 1.807) is 36.4 Å². The number of alkyl halides is 3. The molecule has 0 aromatic heterocycles. The summed E-state index contributed by atoms with van der Waals surface area (Å²) in [5.74, 6) is -5.19. The molecule has 0 N–H and O–H groups in total. The Balaban J connectivity index is -0.000000545. The number of para-hydroxylation sites is 2. The van der Waals surface area contributed by atoms with Crippen LogP contribution in [-0.4, -0.2) is 86.7 Å². The largest absolute Gasteiger partial charge is 3.00 e. The zero-order valence-corrected chi connectivity index (χ0v) is 47.1. The van der Waals surface area contributed by atoms with E-state index in [0.29, 0.717) is 0 Å². The van der Waals surface area contributed by atoms with Gasteiger partial charge in [0.05, 0.1) is 24.9 Å². The summed E-state index contributed by atoms with van der Waals surface area (Å²) in [6.07, 6.45) is 7.75. The molecule has 0 saturated heterocycles. The number of benzene rings is 3. The van der Waals surface area contributed by atoms with Gasteiger partial charge in [-0.15, -0.1) is 11.5 Å². The van der Waals surface area contributed by atoms with Crippen LogP contribution in [0.4, 0.5) is 0 Å². The SMILES string of the molecule is C=CCOc1cccc(/C=N/OCCO/N=C/c2ccc(/C=N/OCCO/N=C/c3cccc(OCC=C)c3[O-])c([O-])c2[O-])c1[O-].CC(=O)[O-].CC(=O)[O-].CC(=O)[O-].ClC(Cl)Cl.[La+3].[Zn+2].[Zn+2]. The van der Waals surface area contributed by atoms with Gasteiger partial charge in [-0.2, -0.15) is 0 Å². The van der Waals surface area contributed by atoms with E-state index in [1.807, 2.05) is 0 Å². The molecule has 20 nitrogen and oxygen atoms in total. The summed E-state index contributed by atoms with van der Waals surface area (Å²) in [5, 5.41) is 90.6. The topological polar surface area (TPSA) is 317 Å². The second-order valence-corrected chi connectivity index (χ2v) is 12.4. The number of carboxylic acids is 3. The number of ether oxygens (including phenoxy) is 2. The Kier molecular flexibility index (Phi) is 47.9. The fourth-order valence-electron chi connectivity index (χ4n) is 3.33. The second kappa shape index (κ2) is 44.7. The molecule has 0 saturated carbocycles. The summed E-state index contributed by atoms with van der Waals surface area (Å²) in [5.41, 5.74) is 0.574. The van der Waals surface area contributed by atoms with Crippen molar-refractivity contribution in [2.45, 2.75) is 25.1 Å². The third kappa shape index (κ3) is 39.6. The van der Waals surface area contributed by atoms with Gasteiger partial charge in [-0.05, 0) is 55.2 Å². The summed E-state index contributed by atoms with van der Waals surface area (Å²) < 4.78 is 9.80. The maximum Gasteiger partial charge on any atom is 3.00 e. The molecule has 0 bridgehead atoms. The average molecular weight is 1200 g/mol. The number of halogens is 3. The molecule has 0 aliphatic carbocycles. The van der Waals surface area contributed by atoms with Crippen molar-refractivity contribution >= 4 is 77.6 Å². The number of hydrogen-bond acceptors (Lipinski definition) is 20. The van der Waals surface area contributed by atoms with E-state index in [1.165, 1.54) is 36.7 Å². The zero-order chi connectivity index (χ0) is 47.3. The molecule has 0 heterocycles. The first-order valence-electron chi connectivity index (χ1n) is 17.0. The van der Waals surface area contributed by atoms with Crippen LogP contribution in [0, 0.1) is 35.6 Å². The molecule has 3 rings (SSSR count). The monoisotopic (exact) mass is 1190 g/mol. The summed E-state index contributed by atoms with van der Waals surface area (Å²) in [6.45, 7) is 10.3. The third-order valence-corrected chi connectivity index (χ3v) is 5.50. The normalized spacial score (nSPS) is 9.71. The number of nitrogens with zero attached hydrogens (tertiary/aromatic N) is 4. The molecule has 0 atom stereocenters. The molecule has 65 heavy (non-hydrogen) atoms. The van der Waals surface area contributed by atoms with Crippen LogP contribution in [0.15, 0.2) is 94.5 Å². The van der Waals surface area contributed by atoms with Gasteiger partial charge in [0.25, 0.3) is 0 Å². The fraction of sp³-hybridized carbons (Fsp3) is 0.256. The number of carboxylic acid groups (broad SMARTS) is 3. The fourth-order valence-corrected chi connectivity index (χ4v) is 3.33. The smallest absolute Gasteiger partial charge is 0.872 e. The summed E-state index contributed by atoms with van der Waals surface area (Å²) in [7, 11) is 0. The molecule has 0 radical (unpaired) electrons. The van der Waals surface area contributed by atoms with Crippen molar-refractivity contribution in [1.82, 2.24) is 0 Å². The van der Waals surface area contributed by atoms with Gasteiger partial charge in [-0.25, -0.2) is 0 Å². The Morgan fingerprint density at radius 1 is 0.538 bits per heavy atom. The van der Waals surface area contributed by atoms with E-state index in [-0.39, 0.29) is 159 Å². The van der Waals surface area contributed by atoms with Crippen molar-refractivity contribution in [3.63, 3.8) is 0 Å². The minimum Gasteiger partial charge on any atom is -0.872 e. The third-order valence-electron chi connectivity index (χ3n) is 5.50. The Hall–Kier alpha value is -4.46. The standard InChI is InChI=1S/C32H34N4O10.3C2H4O2.CHCl3.La.2Zn/c1-3-13-41-27-9-5-7-23(29(27)37)19-33-43-15-17-45-35-21-25-11-12-26(32(40)31(25)39)22-36-46-18-16-44-34-20-24-8-6-10-28(30(24)38)42-14-4-2;3*1-2(3)4;2-1(3)4;;;/h3-12,19-22,37-40H,1-2,13-18H2;3*1H3,(H,3,4);1H;;;/q;;;;;+3;2*+2/p-7/b33-19+,34-20+,35-21+,36-22+;;;;;;;. The molecular weight excluding hydrogens is 1160 g/mol. The number of carbonyl (C=O) groups is 3. The molecule has 0 fully saturated rings. The Morgan fingerprint density at radius 3 is 1.00 bits per heavy atom. The first-order valence-corrected chi connectivity index (χ1v) is 18.3. The molecule has 0 unspecified atom stereocenters. The van der Waals surface area contributed by atoms with Crippen LogP contribution in [0.3, 0.4) is 0 Å². The molecular formula is C39H40Cl3LaN4O16Zn2. The first kappa shape index (κ1) is 69.6. The van der Waals surface area contributed by atoms with Gasteiger partial charge in [0.1, 0.15) is 24.7 Å². The summed E-state index contributed by atoms with van der Waals surface area (Å²) >= 11 is 14.4. The van der Waals surface area contributed by atoms with Gasteiger partial charge in [0, 0.05) is 17.9 Å². The summed E-state index contributed by atoms with van der Waals surface area (Å²) in [6, 6.07) is 12.3. The number of aliphatic carboxylic acids is 3. The summed E-state index contributed by atoms with van der Waals surface area (Å²) in [4.78, 5) is 46.8. The van der Waals surface area contributed by atoms with Gasteiger partial charge in [0.2, 0.25) is 0 Å². The van der Waals surface area contributed by atoms with Crippen LogP contribution in [0.5, 0.6) is 34.5 Å². The number of carbonyl (C=O) groups excluding carboxylic acids is 3. The van der Waals surface area contributed by atoms with Crippen LogP contribution >= 0.6 is 34.8 Å². The maximum atomic E-state index is 12.3. The van der Waals surface area contributed by atoms with Crippen molar-refractivity contribution in [3.05, 3.63) is 96.1 Å². The predicted octanol–water partition coefficient (Wildman–Crippen LogP) is 0.163. The van der Waals surface area contributed by atoms with Gasteiger partial charge < -0.3 is 79.0 Å². The van der Waals surface area contributed by atoms with E-state index in [9.17, 15) is 20.4 Å². The Labute approximate surface area is 443 Å². The molecule has 340 valence electrons. The van der Waals surface area contributed by atoms with E-state index >= 15 is 0 Å². The molecule has 3 aromatic carbocycles. The van der Waals surface area contributed by atoms with Crippen molar-refractivity contribution in [3.8, 4) is 34.5 Å². The van der Waals surface area contributed by atoms with Gasteiger partial charge in [-0.1, -0.05) is 129 Å². The quantitative estimate of drug-likeness (QED) is 0.0363. The number of rotatable bonds is 20. The minimum atomic E-state index is -1.08. The molecule has 0 aliphatic rings. The van der Waals surface area contributed by atoms with Crippen molar-refractivity contribution in [2.75, 3.05) is 39.6 Å². The van der Waals surface area contributed by atoms with Crippen LogP contribution in [0.1, 0.15) is 43.0 Å². The minimum absolute atomic E-state index is 0. The van der Waals surface area contributed by atoms with Gasteiger partial charge >= 0.3 is 74.6 Å². The molecule has 3 aromatic rings. The Bertz CT molecular complexity index is 1790. The van der Waals surface area contributed by atoms with Crippen LogP contribution in [0.25, 0.3) is 0 Å². The molecule has 0 aliphatic heterocycles. The molecule has 26 heteroatoms. The van der Waals surface area contributed by atoms with E-state index in [0.717, 1.165) is 33.2 Å². The van der Waals surface area contributed by atoms with Gasteiger partial charge in [-0.3, -0.25) is 0 Å². The van der Waals surface area contributed by atoms with E-state index in [4.69, 9.17) is 93.3 Å². The van der Waals surface area contributed by atoms with Crippen molar-refractivity contribution in [1.29, 1.82) is 0 Å². The van der Waals surface area contributed by atoms with Gasteiger partial charge in [0.15, 0.2) is 30.7 Å². The first-order chi connectivity index (χ1) is 29.4. The van der Waals surface area contributed by atoms with Crippen molar-refractivity contribution < 1.29 is 154 Å². The number of hydrogen-bond donors (Lipinski definition) is 0. The van der Waals surface area contributed by atoms with Crippen LogP contribution < -0.4 is 45.2 Å². The Morgan fingerprint density at radius 2 is 0.769 bits per heavy atom. The van der Waals surface area contributed by atoms with E-state index in [2.05, 4.69) is 33.8 Å². The maximum absolute atomic E-state index is 12.3. The second-order valence-electron chi connectivity index (χ2n) is 10.4. The zero-order valence-electron chi connectivity index (χ0n) is 35.3. The van der Waals surface area contributed by atoms with E-state index < -0.39 is 33.7 Å². The average Bonchev–Trinajstić information content (AvgIpc) is 3.18. The van der Waals surface area contributed by atoms with Crippen LogP contribution in [0.2, 0.25) is 0 Å². The van der Waals surface area contributed by atoms with Crippen molar-refractivity contribution in [2.24, 2.45) is 20.6 Å². The molecule has 0 spiro atoms. The van der Waals surface area contributed by atoms with Crippen LogP contribution in [-0.2, 0) is 72.7 Å². The molecule has 0 amide bonds. The predicted molar refractivity (Wildman–Crippen MR) is 216 cm³/mol. The number of oxime groups is 4.